The van der Waals surface area contributed by atoms with Gasteiger partial charge in [0.15, 0.2) is 11.5 Å². The molecule has 2 N–H and O–H groups in total. The van der Waals surface area contributed by atoms with Crippen LogP contribution in [-0.4, -0.2) is 30.0 Å². The molecule has 0 saturated heterocycles. The van der Waals surface area contributed by atoms with Crippen molar-refractivity contribution in [1.82, 2.24) is 0 Å². The minimum absolute atomic E-state index is 0. The maximum absolute atomic E-state index is 8.67. The number of benzene rings is 1. The SMILES string of the molecule is Oc1ccccc1O.[GaH3]. The molecule has 48 valence electrons. The molecule has 0 atom stereocenters. The monoisotopic (exact) mass is 182 g/mol. The number of para-hydroxylation sites is 2. The van der Waals surface area contributed by atoms with Crippen LogP contribution < -0.4 is 0 Å². The van der Waals surface area contributed by atoms with E-state index in [-0.39, 0.29) is 31.3 Å². The van der Waals surface area contributed by atoms with E-state index in [0.717, 1.165) is 0 Å². The fourth-order valence-corrected chi connectivity index (χ4v) is 0.464. The fraction of sp³-hybridized carbons (Fsp3) is 0. The van der Waals surface area contributed by atoms with Crippen LogP contribution in [0.3, 0.4) is 0 Å². The first kappa shape index (κ1) is 8.46. The van der Waals surface area contributed by atoms with Crippen LogP contribution in [0, 0.1) is 0 Å². The standard InChI is InChI=1S/C6H6O2.Ga.3H/c7-5-3-1-2-4-6(5)8;;;;/h1-4,7-8H;;;;. The summed E-state index contributed by atoms with van der Waals surface area (Å²) in [5.74, 6) is -0.153. The van der Waals surface area contributed by atoms with Crippen LogP contribution in [0.2, 0.25) is 0 Å². The van der Waals surface area contributed by atoms with Gasteiger partial charge in [0.05, 0.1) is 0 Å². The molecular formula is C6H9GaO2. The summed E-state index contributed by atoms with van der Waals surface area (Å²) in [7, 11) is 0. The van der Waals surface area contributed by atoms with E-state index in [1.54, 1.807) is 12.1 Å². The van der Waals surface area contributed by atoms with E-state index in [4.69, 9.17) is 10.2 Å². The van der Waals surface area contributed by atoms with Crippen molar-refractivity contribution in [3.8, 4) is 11.5 Å². The van der Waals surface area contributed by atoms with Crippen LogP contribution in [0.5, 0.6) is 11.5 Å². The Morgan fingerprint density at radius 2 is 1.22 bits per heavy atom. The van der Waals surface area contributed by atoms with Crippen LogP contribution in [0.15, 0.2) is 24.3 Å². The van der Waals surface area contributed by atoms with Crippen molar-refractivity contribution in [2.24, 2.45) is 0 Å². The summed E-state index contributed by atoms with van der Waals surface area (Å²) in [6.45, 7) is 0. The Hall–Kier alpha value is -0.544. The summed E-state index contributed by atoms with van der Waals surface area (Å²) in [6, 6.07) is 6.15. The van der Waals surface area contributed by atoms with Gasteiger partial charge in [-0.25, -0.2) is 0 Å². The first-order valence-electron chi connectivity index (χ1n) is 2.27. The number of phenolic OH excluding ortho intramolecular Hbond substituents is 2. The molecule has 0 aliphatic rings. The van der Waals surface area contributed by atoms with Crippen molar-refractivity contribution in [1.29, 1.82) is 0 Å². The van der Waals surface area contributed by atoms with Gasteiger partial charge in [0.2, 0.25) is 0 Å². The summed E-state index contributed by atoms with van der Waals surface area (Å²) in [5.41, 5.74) is 0. The molecule has 1 aromatic carbocycles. The van der Waals surface area contributed by atoms with Gasteiger partial charge in [0.25, 0.3) is 0 Å². The van der Waals surface area contributed by atoms with Crippen molar-refractivity contribution in [3.05, 3.63) is 24.3 Å². The molecule has 0 radical (unpaired) electrons. The maximum atomic E-state index is 8.67. The summed E-state index contributed by atoms with van der Waals surface area (Å²) < 4.78 is 0. The zero-order chi connectivity index (χ0) is 5.98. The molecule has 0 fully saturated rings. The Bertz CT molecular complexity index is 167. The summed E-state index contributed by atoms with van der Waals surface area (Å²) in [6.07, 6.45) is 0. The Morgan fingerprint density at radius 3 is 1.44 bits per heavy atom. The van der Waals surface area contributed by atoms with E-state index in [1.165, 1.54) is 12.1 Å². The minimum atomic E-state index is -0.0764. The van der Waals surface area contributed by atoms with Gasteiger partial charge in [-0.05, 0) is 12.1 Å². The number of aromatic hydroxyl groups is 2. The fourth-order valence-electron chi connectivity index (χ4n) is 0.464. The topological polar surface area (TPSA) is 40.5 Å². The van der Waals surface area contributed by atoms with Crippen LogP contribution >= 0.6 is 0 Å². The van der Waals surface area contributed by atoms with Crippen molar-refractivity contribution in [3.63, 3.8) is 0 Å². The number of hydrogen-bond acceptors (Lipinski definition) is 2. The molecule has 0 aliphatic heterocycles. The molecule has 3 heteroatoms. The Morgan fingerprint density at radius 1 is 0.889 bits per heavy atom. The molecule has 0 spiro atoms. The van der Waals surface area contributed by atoms with Gasteiger partial charge >= 0.3 is 19.8 Å². The van der Waals surface area contributed by atoms with E-state index < -0.39 is 0 Å². The summed E-state index contributed by atoms with van der Waals surface area (Å²) in [4.78, 5) is 0. The summed E-state index contributed by atoms with van der Waals surface area (Å²) in [5, 5.41) is 17.3. The molecule has 0 heterocycles. The quantitative estimate of drug-likeness (QED) is 0.435. The Labute approximate surface area is 66.2 Å². The molecule has 9 heavy (non-hydrogen) atoms. The van der Waals surface area contributed by atoms with E-state index in [1.807, 2.05) is 0 Å². The van der Waals surface area contributed by atoms with E-state index in [2.05, 4.69) is 0 Å². The molecule has 0 unspecified atom stereocenters. The van der Waals surface area contributed by atoms with Gasteiger partial charge < -0.3 is 10.2 Å². The van der Waals surface area contributed by atoms with Gasteiger partial charge in [-0.3, -0.25) is 0 Å². The van der Waals surface area contributed by atoms with Crippen molar-refractivity contribution in [2.75, 3.05) is 0 Å². The Balaban J connectivity index is 0.000000640. The van der Waals surface area contributed by atoms with Gasteiger partial charge in [0.1, 0.15) is 0 Å². The predicted molar refractivity (Wildman–Crippen MR) is 39.7 cm³/mol. The van der Waals surface area contributed by atoms with Crippen molar-refractivity contribution < 1.29 is 10.2 Å². The van der Waals surface area contributed by atoms with Crippen molar-refractivity contribution >= 4 is 19.8 Å². The molecule has 1 rings (SSSR count). The first-order chi connectivity index (χ1) is 3.80. The van der Waals surface area contributed by atoms with Crippen molar-refractivity contribution in [2.45, 2.75) is 0 Å². The summed E-state index contributed by atoms with van der Waals surface area (Å²) >= 11 is 0. The van der Waals surface area contributed by atoms with Crippen LogP contribution in [0.1, 0.15) is 0 Å². The molecule has 0 aliphatic carbocycles. The second-order valence-corrected chi connectivity index (χ2v) is 1.49. The second kappa shape index (κ2) is 3.48. The van der Waals surface area contributed by atoms with Gasteiger partial charge in [-0.15, -0.1) is 0 Å². The zero-order valence-corrected chi connectivity index (χ0v) is 4.20. The molecule has 1 aromatic rings. The third kappa shape index (κ3) is 2.03. The van der Waals surface area contributed by atoms with Gasteiger partial charge in [0, 0.05) is 0 Å². The zero-order valence-electron chi connectivity index (χ0n) is 4.20. The molecule has 0 bridgehead atoms. The van der Waals surface area contributed by atoms with E-state index in [0.29, 0.717) is 0 Å². The molecule has 2 nitrogen and oxygen atoms in total. The number of rotatable bonds is 0. The van der Waals surface area contributed by atoms with E-state index in [9.17, 15) is 0 Å². The normalized spacial score (nSPS) is 8.00. The van der Waals surface area contributed by atoms with Gasteiger partial charge in [-0.1, -0.05) is 12.1 Å². The Kier molecular flexibility index (Phi) is 3.27. The first-order valence-corrected chi connectivity index (χ1v) is 2.27. The average molecular weight is 183 g/mol. The number of phenols is 2. The van der Waals surface area contributed by atoms with Gasteiger partial charge in [-0.2, -0.15) is 0 Å². The molecule has 0 amide bonds. The van der Waals surface area contributed by atoms with E-state index >= 15 is 0 Å². The second-order valence-electron chi connectivity index (χ2n) is 1.49. The van der Waals surface area contributed by atoms with Crippen LogP contribution in [0.25, 0.3) is 0 Å². The van der Waals surface area contributed by atoms with Crippen LogP contribution in [0.4, 0.5) is 0 Å². The predicted octanol–water partition coefficient (Wildman–Crippen LogP) is -0.0861. The third-order valence-electron chi connectivity index (χ3n) is 0.882. The molecular weight excluding hydrogens is 174 g/mol. The molecule has 0 saturated carbocycles. The molecule has 0 aromatic heterocycles. The van der Waals surface area contributed by atoms with Crippen LogP contribution in [-0.2, 0) is 0 Å². The average Bonchev–Trinajstić information content (AvgIpc) is 1.77. The third-order valence-corrected chi connectivity index (χ3v) is 0.882. The number of hydrogen-bond donors (Lipinski definition) is 2.